The lowest BCUT2D eigenvalue weighted by Crippen LogP contribution is -2.20. The first-order valence-corrected chi connectivity index (χ1v) is 6.07. The summed E-state index contributed by atoms with van der Waals surface area (Å²) in [6.07, 6.45) is 3.14. The van der Waals surface area contributed by atoms with Crippen LogP contribution in [0.2, 0.25) is 0 Å². The van der Waals surface area contributed by atoms with Crippen LogP contribution in [0.15, 0.2) is 28.7 Å². The van der Waals surface area contributed by atoms with Crippen molar-refractivity contribution in [2.75, 3.05) is 6.54 Å². The summed E-state index contributed by atoms with van der Waals surface area (Å²) in [5.41, 5.74) is 0.802. The molecule has 2 rings (SSSR count). The average Bonchev–Trinajstić information content (AvgIpc) is 3.02. The van der Waals surface area contributed by atoms with Gasteiger partial charge < -0.3 is 5.32 Å². The van der Waals surface area contributed by atoms with E-state index in [4.69, 9.17) is 0 Å². The van der Waals surface area contributed by atoms with Crippen molar-refractivity contribution in [2.24, 2.45) is 0 Å². The smallest absolute Gasteiger partial charge is 0.164 e. The molecule has 1 aliphatic carbocycles. The molecule has 0 aromatic heterocycles. The van der Waals surface area contributed by atoms with E-state index in [9.17, 15) is 4.79 Å². The van der Waals surface area contributed by atoms with Gasteiger partial charge in [-0.05, 0) is 25.0 Å². The van der Waals surface area contributed by atoms with Crippen molar-refractivity contribution in [3.8, 4) is 0 Å². The van der Waals surface area contributed by atoms with Crippen LogP contribution in [0.1, 0.15) is 29.6 Å². The molecule has 1 aromatic rings. The van der Waals surface area contributed by atoms with E-state index in [1.165, 1.54) is 12.8 Å². The Hall–Kier alpha value is -0.670. The van der Waals surface area contributed by atoms with E-state index < -0.39 is 0 Å². The predicted molar refractivity (Wildman–Crippen MR) is 64.1 cm³/mol. The van der Waals surface area contributed by atoms with Crippen LogP contribution in [0.4, 0.5) is 0 Å². The number of carbonyl (C=O) groups is 1. The average molecular weight is 268 g/mol. The second-order valence-corrected chi connectivity index (χ2v) is 4.82. The fraction of sp³-hybridized carbons (Fsp3) is 0.417. The first-order chi connectivity index (χ1) is 7.25. The van der Waals surface area contributed by atoms with Crippen molar-refractivity contribution < 1.29 is 4.79 Å². The number of hydrogen-bond acceptors (Lipinski definition) is 2. The van der Waals surface area contributed by atoms with Gasteiger partial charge in [0.05, 0.1) is 0 Å². The summed E-state index contributed by atoms with van der Waals surface area (Å²) in [6.45, 7) is 0.805. The second-order valence-electron chi connectivity index (χ2n) is 3.91. The fourth-order valence-corrected chi connectivity index (χ4v) is 1.72. The molecule has 0 bridgehead atoms. The molecule has 3 heteroatoms. The molecule has 0 aliphatic heterocycles. The lowest BCUT2D eigenvalue weighted by Gasteiger charge is -2.02. The molecule has 0 spiro atoms. The van der Waals surface area contributed by atoms with Gasteiger partial charge in [0.1, 0.15) is 0 Å². The highest BCUT2D eigenvalue weighted by Gasteiger charge is 2.20. The van der Waals surface area contributed by atoms with Gasteiger partial charge in [0.2, 0.25) is 0 Å². The molecule has 0 amide bonds. The molecule has 1 aromatic carbocycles. The number of nitrogens with one attached hydrogen (secondary N) is 1. The lowest BCUT2D eigenvalue weighted by atomic mass is 10.1. The maximum atomic E-state index is 11.7. The highest BCUT2D eigenvalue weighted by molar-refractivity contribution is 9.10. The minimum Gasteiger partial charge on any atom is -0.314 e. The van der Waals surface area contributed by atoms with Crippen molar-refractivity contribution in [3.63, 3.8) is 0 Å². The highest BCUT2D eigenvalue weighted by Crippen LogP contribution is 2.18. The number of carbonyl (C=O) groups excluding carboxylic acids is 1. The number of benzene rings is 1. The van der Waals surface area contributed by atoms with Gasteiger partial charge >= 0.3 is 0 Å². The number of rotatable bonds is 5. The summed E-state index contributed by atoms with van der Waals surface area (Å²) in [6, 6.07) is 8.22. The van der Waals surface area contributed by atoms with Gasteiger partial charge in [-0.1, -0.05) is 28.1 Å². The van der Waals surface area contributed by atoms with Crippen molar-refractivity contribution in [1.29, 1.82) is 0 Å². The zero-order valence-electron chi connectivity index (χ0n) is 8.50. The summed E-state index contributed by atoms with van der Waals surface area (Å²) in [4.78, 5) is 11.7. The molecular weight excluding hydrogens is 254 g/mol. The van der Waals surface area contributed by atoms with Crippen LogP contribution >= 0.6 is 15.9 Å². The van der Waals surface area contributed by atoms with Gasteiger partial charge in [0, 0.05) is 29.0 Å². The SMILES string of the molecule is O=C(CCNC1CC1)c1ccc(Br)cc1. The Morgan fingerprint density at radius 3 is 2.60 bits per heavy atom. The predicted octanol–water partition coefficient (Wildman–Crippen LogP) is 2.77. The number of halogens is 1. The lowest BCUT2D eigenvalue weighted by molar-refractivity contribution is 0.0982. The summed E-state index contributed by atoms with van der Waals surface area (Å²) in [5.74, 6) is 0.218. The number of Topliss-reactive ketones (excluding diaryl/α,β-unsaturated/α-hetero) is 1. The van der Waals surface area contributed by atoms with Crippen LogP contribution in [-0.4, -0.2) is 18.4 Å². The summed E-state index contributed by atoms with van der Waals surface area (Å²) in [5, 5.41) is 3.34. The normalized spacial score (nSPS) is 15.3. The molecule has 80 valence electrons. The Labute approximate surface area is 98.2 Å². The van der Waals surface area contributed by atoms with Crippen molar-refractivity contribution in [1.82, 2.24) is 5.32 Å². The van der Waals surface area contributed by atoms with Gasteiger partial charge in [-0.25, -0.2) is 0 Å². The third-order valence-corrected chi connectivity index (χ3v) is 3.06. The van der Waals surface area contributed by atoms with Crippen LogP contribution in [0.5, 0.6) is 0 Å². The molecule has 0 saturated heterocycles. The summed E-state index contributed by atoms with van der Waals surface area (Å²) < 4.78 is 1.01. The molecule has 1 saturated carbocycles. The van der Waals surface area contributed by atoms with E-state index in [-0.39, 0.29) is 5.78 Å². The quantitative estimate of drug-likeness (QED) is 0.832. The first-order valence-electron chi connectivity index (χ1n) is 5.28. The first kappa shape index (κ1) is 10.8. The third kappa shape index (κ3) is 3.43. The second kappa shape index (κ2) is 4.90. The minimum absolute atomic E-state index is 0.218. The Balaban J connectivity index is 1.81. The monoisotopic (exact) mass is 267 g/mol. The summed E-state index contributed by atoms with van der Waals surface area (Å²) >= 11 is 3.35. The third-order valence-electron chi connectivity index (χ3n) is 2.53. The standard InChI is InChI=1S/C12H14BrNO/c13-10-3-1-9(2-4-10)12(15)7-8-14-11-5-6-11/h1-4,11,14H,5-8H2. The topological polar surface area (TPSA) is 29.1 Å². The van der Waals surface area contributed by atoms with Crippen molar-refractivity contribution in [2.45, 2.75) is 25.3 Å². The summed E-state index contributed by atoms with van der Waals surface area (Å²) in [7, 11) is 0. The van der Waals surface area contributed by atoms with Crippen LogP contribution < -0.4 is 5.32 Å². The Kier molecular flexibility index (Phi) is 3.54. The van der Waals surface area contributed by atoms with Crippen LogP contribution in [0.25, 0.3) is 0 Å². The molecule has 0 radical (unpaired) electrons. The van der Waals surface area contributed by atoms with E-state index in [0.717, 1.165) is 16.6 Å². The van der Waals surface area contributed by atoms with E-state index in [2.05, 4.69) is 21.2 Å². The molecule has 2 nitrogen and oxygen atoms in total. The molecule has 1 N–H and O–H groups in total. The largest absolute Gasteiger partial charge is 0.314 e. The molecule has 1 fully saturated rings. The zero-order valence-corrected chi connectivity index (χ0v) is 10.1. The van der Waals surface area contributed by atoms with E-state index in [0.29, 0.717) is 12.5 Å². The van der Waals surface area contributed by atoms with E-state index in [1.54, 1.807) is 0 Å². The van der Waals surface area contributed by atoms with Gasteiger partial charge in [0.25, 0.3) is 0 Å². The van der Waals surface area contributed by atoms with E-state index >= 15 is 0 Å². The molecule has 0 heterocycles. The maximum Gasteiger partial charge on any atom is 0.164 e. The number of ketones is 1. The van der Waals surface area contributed by atoms with Crippen LogP contribution in [0, 0.1) is 0 Å². The maximum absolute atomic E-state index is 11.7. The van der Waals surface area contributed by atoms with Crippen molar-refractivity contribution >= 4 is 21.7 Å². The Morgan fingerprint density at radius 1 is 1.33 bits per heavy atom. The Morgan fingerprint density at radius 2 is 2.00 bits per heavy atom. The molecule has 1 aliphatic rings. The highest BCUT2D eigenvalue weighted by atomic mass is 79.9. The molecule has 15 heavy (non-hydrogen) atoms. The van der Waals surface area contributed by atoms with Gasteiger partial charge in [-0.2, -0.15) is 0 Å². The fourth-order valence-electron chi connectivity index (χ4n) is 1.46. The zero-order chi connectivity index (χ0) is 10.7. The van der Waals surface area contributed by atoms with Crippen LogP contribution in [0.3, 0.4) is 0 Å². The van der Waals surface area contributed by atoms with Crippen molar-refractivity contribution in [3.05, 3.63) is 34.3 Å². The van der Waals surface area contributed by atoms with E-state index in [1.807, 2.05) is 24.3 Å². The molecule has 0 atom stereocenters. The van der Waals surface area contributed by atoms with Gasteiger partial charge in [-0.15, -0.1) is 0 Å². The van der Waals surface area contributed by atoms with Crippen LogP contribution in [-0.2, 0) is 0 Å². The Bertz CT molecular complexity index is 343. The minimum atomic E-state index is 0.218. The molecular formula is C12H14BrNO. The van der Waals surface area contributed by atoms with Gasteiger partial charge in [0.15, 0.2) is 5.78 Å². The van der Waals surface area contributed by atoms with Gasteiger partial charge in [-0.3, -0.25) is 4.79 Å². The number of hydrogen-bond donors (Lipinski definition) is 1. The molecule has 0 unspecified atom stereocenters.